The molecule has 1 aliphatic rings. The second-order valence-corrected chi connectivity index (χ2v) is 5.76. The van der Waals surface area contributed by atoms with Crippen molar-refractivity contribution in [2.24, 2.45) is 0 Å². The van der Waals surface area contributed by atoms with Gasteiger partial charge in [-0.3, -0.25) is 9.59 Å². The van der Waals surface area contributed by atoms with E-state index in [1.165, 1.54) is 12.1 Å². The van der Waals surface area contributed by atoms with Crippen molar-refractivity contribution < 1.29 is 27.2 Å². The SMILES string of the molecule is O=C(CCc1cccc(F)c1)N1CCC(NC(=O)C(F)(F)F)CC1. The van der Waals surface area contributed by atoms with Crippen LogP contribution in [0.5, 0.6) is 0 Å². The Morgan fingerprint density at radius 2 is 1.88 bits per heavy atom. The predicted octanol–water partition coefficient (Wildman–Crippen LogP) is 2.43. The average Bonchev–Trinajstić information content (AvgIpc) is 2.52. The third kappa shape index (κ3) is 5.21. The van der Waals surface area contributed by atoms with Gasteiger partial charge in [-0.1, -0.05) is 12.1 Å². The van der Waals surface area contributed by atoms with Crippen LogP contribution in [0, 0.1) is 5.82 Å². The van der Waals surface area contributed by atoms with Crippen molar-refractivity contribution in [1.29, 1.82) is 0 Å². The maximum Gasteiger partial charge on any atom is 0.471 e. The second kappa shape index (κ2) is 7.63. The number of hydrogen-bond acceptors (Lipinski definition) is 2. The Kier molecular flexibility index (Phi) is 5.80. The van der Waals surface area contributed by atoms with Gasteiger partial charge in [0.25, 0.3) is 0 Å². The van der Waals surface area contributed by atoms with Crippen LogP contribution in [0.4, 0.5) is 17.6 Å². The summed E-state index contributed by atoms with van der Waals surface area (Å²) in [6.45, 7) is 0.593. The molecule has 2 amide bonds. The average molecular weight is 346 g/mol. The van der Waals surface area contributed by atoms with Crippen molar-refractivity contribution in [3.63, 3.8) is 0 Å². The third-order valence-electron chi connectivity index (χ3n) is 3.96. The molecular formula is C16H18F4N2O2. The highest BCUT2D eigenvalue weighted by molar-refractivity contribution is 5.82. The lowest BCUT2D eigenvalue weighted by atomic mass is 10.0. The van der Waals surface area contributed by atoms with E-state index in [0.717, 1.165) is 5.56 Å². The van der Waals surface area contributed by atoms with Gasteiger partial charge in [0.15, 0.2) is 0 Å². The molecule has 1 aromatic carbocycles. The van der Waals surface area contributed by atoms with Crippen LogP contribution in [0.1, 0.15) is 24.8 Å². The summed E-state index contributed by atoms with van der Waals surface area (Å²) < 4.78 is 49.7. The zero-order valence-corrected chi connectivity index (χ0v) is 12.9. The Balaban J connectivity index is 1.75. The Morgan fingerprint density at radius 3 is 2.46 bits per heavy atom. The van der Waals surface area contributed by atoms with Crippen LogP contribution in [0.3, 0.4) is 0 Å². The number of amides is 2. The van der Waals surface area contributed by atoms with Crippen LogP contribution >= 0.6 is 0 Å². The first-order chi connectivity index (χ1) is 11.3. The maximum absolute atomic E-state index is 13.1. The Morgan fingerprint density at radius 1 is 1.21 bits per heavy atom. The number of hydrogen-bond donors (Lipinski definition) is 1. The van der Waals surface area contributed by atoms with Gasteiger partial charge in [0.05, 0.1) is 0 Å². The summed E-state index contributed by atoms with van der Waals surface area (Å²) in [6.07, 6.45) is -3.71. The van der Waals surface area contributed by atoms with E-state index in [1.807, 2.05) is 5.32 Å². The van der Waals surface area contributed by atoms with Crippen molar-refractivity contribution in [2.75, 3.05) is 13.1 Å². The molecule has 0 atom stereocenters. The monoisotopic (exact) mass is 346 g/mol. The molecule has 0 unspecified atom stereocenters. The molecule has 8 heteroatoms. The number of carbonyl (C=O) groups excluding carboxylic acids is 2. The number of rotatable bonds is 4. The van der Waals surface area contributed by atoms with Crippen molar-refractivity contribution in [3.8, 4) is 0 Å². The van der Waals surface area contributed by atoms with Crippen molar-refractivity contribution in [3.05, 3.63) is 35.6 Å². The topological polar surface area (TPSA) is 49.4 Å². The normalized spacial score (nSPS) is 16.1. The largest absolute Gasteiger partial charge is 0.471 e. The lowest BCUT2D eigenvalue weighted by Crippen LogP contribution is -2.49. The van der Waals surface area contributed by atoms with Gasteiger partial charge < -0.3 is 10.2 Å². The number of likely N-dealkylation sites (tertiary alicyclic amines) is 1. The smallest absolute Gasteiger partial charge is 0.345 e. The molecule has 0 aromatic heterocycles. The molecule has 0 radical (unpaired) electrons. The fourth-order valence-corrected chi connectivity index (χ4v) is 2.64. The molecule has 1 saturated heterocycles. The minimum absolute atomic E-state index is 0.125. The molecule has 2 rings (SSSR count). The number of nitrogens with one attached hydrogen (secondary N) is 1. The lowest BCUT2D eigenvalue weighted by molar-refractivity contribution is -0.174. The number of nitrogens with zero attached hydrogens (tertiary/aromatic N) is 1. The quantitative estimate of drug-likeness (QED) is 0.852. The number of aryl methyl sites for hydroxylation is 1. The molecule has 0 spiro atoms. The second-order valence-electron chi connectivity index (χ2n) is 5.76. The number of carbonyl (C=O) groups is 2. The fraction of sp³-hybridized carbons (Fsp3) is 0.500. The number of alkyl halides is 3. The Hall–Kier alpha value is -2.12. The van der Waals surface area contributed by atoms with E-state index in [2.05, 4.69) is 0 Å². The molecule has 132 valence electrons. The van der Waals surface area contributed by atoms with Gasteiger partial charge in [0, 0.05) is 25.6 Å². The number of piperidine rings is 1. The van der Waals surface area contributed by atoms with Crippen LogP contribution in [0.15, 0.2) is 24.3 Å². The molecule has 4 nitrogen and oxygen atoms in total. The summed E-state index contributed by atoms with van der Waals surface area (Å²) >= 11 is 0. The molecule has 24 heavy (non-hydrogen) atoms. The van der Waals surface area contributed by atoms with Crippen LogP contribution in [-0.4, -0.2) is 42.0 Å². The van der Waals surface area contributed by atoms with Gasteiger partial charge >= 0.3 is 12.1 Å². The van der Waals surface area contributed by atoms with Gasteiger partial charge in [0.1, 0.15) is 5.82 Å². The van der Waals surface area contributed by atoms with Crippen molar-refractivity contribution in [2.45, 2.75) is 37.9 Å². The summed E-state index contributed by atoms with van der Waals surface area (Å²) in [5.74, 6) is -2.43. The van der Waals surface area contributed by atoms with E-state index < -0.39 is 18.1 Å². The highest BCUT2D eigenvalue weighted by Gasteiger charge is 2.40. The highest BCUT2D eigenvalue weighted by Crippen LogP contribution is 2.18. The summed E-state index contributed by atoms with van der Waals surface area (Å²) in [5.41, 5.74) is 0.718. The zero-order chi connectivity index (χ0) is 17.7. The van der Waals surface area contributed by atoms with E-state index in [9.17, 15) is 27.2 Å². The molecule has 0 saturated carbocycles. The van der Waals surface area contributed by atoms with E-state index in [0.29, 0.717) is 19.5 Å². The number of benzene rings is 1. The van der Waals surface area contributed by atoms with Crippen molar-refractivity contribution in [1.82, 2.24) is 10.2 Å². The Labute approximate surface area is 136 Å². The van der Waals surface area contributed by atoms with Crippen LogP contribution in [0.2, 0.25) is 0 Å². The molecule has 1 N–H and O–H groups in total. The van der Waals surface area contributed by atoms with Gasteiger partial charge in [0.2, 0.25) is 5.91 Å². The summed E-state index contributed by atoms with van der Waals surface area (Å²) in [7, 11) is 0. The molecule has 1 heterocycles. The van der Waals surface area contributed by atoms with E-state index in [1.54, 1.807) is 17.0 Å². The molecular weight excluding hydrogens is 328 g/mol. The highest BCUT2D eigenvalue weighted by atomic mass is 19.4. The predicted molar refractivity (Wildman–Crippen MR) is 78.5 cm³/mol. The van der Waals surface area contributed by atoms with Crippen molar-refractivity contribution >= 4 is 11.8 Å². The first kappa shape index (κ1) is 18.2. The molecule has 1 aliphatic heterocycles. The van der Waals surface area contributed by atoms with Crippen LogP contribution in [0.25, 0.3) is 0 Å². The van der Waals surface area contributed by atoms with Gasteiger partial charge in [-0.05, 0) is 37.0 Å². The van der Waals surface area contributed by atoms with Gasteiger partial charge in [-0.25, -0.2) is 4.39 Å². The van der Waals surface area contributed by atoms with E-state index in [-0.39, 0.29) is 31.0 Å². The van der Waals surface area contributed by atoms with E-state index >= 15 is 0 Å². The summed E-state index contributed by atoms with van der Waals surface area (Å²) in [5, 5.41) is 1.94. The van der Waals surface area contributed by atoms with Gasteiger partial charge in [-0.2, -0.15) is 13.2 Å². The maximum atomic E-state index is 13.1. The van der Waals surface area contributed by atoms with Gasteiger partial charge in [-0.15, -0.1) is 0 Å². The van der Waals surface area contributed by atoms with Crippen LogP contribution < -0.4 is 5.32 Å². The number of halogens is 4. The fourth-order valence-electron chi connectivity index (χ4n) is 2.64. The summed E-state index contributed by atoms with van der Waals surface area (Å²) in [4.78, 5) is 24.6. The Bertz CT molecular complexity index is 596. The summed E-state index contributed by atoms with van der Waals surface area (Å²) in [6, 6.07) is 5.42. The first-order valence-corrected chi connectivity index (χ1v) is 7.65. The third-order valence-corrected chi connectivity index (χ3v) is 3.96. The molecule has 1 aromatic rings. The molecule has 0 aliphatic carbocycles. The molecule has 0 bridgehead atoms. The van der Waals surface area contributed by atoms with E-state index in [4.69, 9.17) is 0 Å². The first-order valence-electron chi connectivity index (χ1n) is 7.65. The van der Waals surface area contributed by atoms with Crippen LogP contribution in [-0.2, 0) is 16.0 Å². The minimum atomic E-state index is -4.89. The standard InChI is InChI=1S/C16H18F4N2O2/c17-12-3-1-2-11(10-12)4-5-14(23)22-8-6-13(7-9-22)21-15(24)16(18,19)20/h1-3,10,13H,4-9H2,(H,21,24). The molecule has 1 fully saturated rings. The zero-order valence-electron chi connectivity index (χ0n) is 12.9. The minimum Gasteiger partial charge on any atom is -0.345 e. The lowest BCUT2D eigenvalue weighted by Gasteiger charge is -2.32.